The van der Waals surface area contributed by atoms with Crippen molar-refractivity contribution in [3.05, 3.63) is 24.3 Å². The Kier molecular flexibility index (Phi) is 71.0. The molecular weight excluding hydrogens is 1330 g/mol. The molecule has 0 fully saturated rings. The number of hydrogen-bond acceptors (Lipinski definition) is 15. The molecule has 0 aliphatic carbocycles. The van der Waals surface area contributed by atoms with Gasteiger partial charge in [0.2, 0.25) is 0 Å². The Morgan fingerprint density at radius 3 is 0.794 bits per heavy atom. The predicted molar refractivity (Wildman–Crippen MR) is 418 cm³/mol. The van der Waals surface area contributed by atoms with Gasteiger partial charge in [-0.05, 0) is 69.1 Å². The van der Waals surface area contributed by atoms with Gasteiger partial charge in [0.15, 0.2) is 12.2 Å². The highest BCUT2D eigenvalue weighted by Crippen LogP contribution is 2.45. The van der Waals surface area contributed by atoms with Crippen molar-refractivity contribution in [2.75, 3.05) is 39.6 Å². The molecule has 0 aliphatic heterocycles. The number of esters is 4. The van der Waals surface area contributed by atoms with Gasteiger partial charge in [-0.15, -0.1) is 0 Å². The van der Waals surface area contributed by atoms with Crippen molar-refractivity contribution in [2.45, 2.75) is 426 Å². The summed E-state index contributed by atoms with van der Waals surface area (Å²) in [6.07, 6.45) is 64.8. The van der Waals surface area contributed by atoms with Crippen molar-refractivity contribution in [3.63, 3.8) is 0 Å². The average molecular weight is 1490 g/mol. The SMILES string of the molecule is CCCCCC/C=C\C=C/CCCCCCCC(=O)O[C@H](COC(=O)CCCCCCCCCC(C)C)COP(=O)(O)OCC(O)COP(=O)(O)OC[C@@H](COC(=O)CCCCCCCCCCCCCCCCCCCCC(C)C)OC(=O)CCCCCCCCCCCCCCCC(C)C. The lowest BCUT2D eigenvalue weighted by atomic mass is 10.0. The Bertz CT molecular complexity index is 2070. The van der Waals surface area contributed by atoms with Crippen LogP contribution in [0.3, 0.4) is 0 Å². The van der Waals surface area contributed by atoms with Gasteiger partial charge in [-0.2, -0.15) is 0 Å². The van der Waals surface area contributed by atoms with Crippen LogP contribution in [0.2, 0.25) is 0 Å². The molecule has 17 nitrogen and oxygen atoms in total. The number of phosphoric ester groups is 2. The second kappa shape index (κ2) is 72.7. The normalized spacial score (nSPS) is 14.1. The molecule has 0 rings (SSSR count). The Morgan fingerprint density at radius 1 is 0.304 bits per heavy atom. The van der Waals surface area contributed by atoms with E-state index in [1.807, 2.05) is 0 Å². The number of aliphatic hydroxyl groups excluding tert-OH is 1. The Hall–Kier alpha value is -2.46. The molecule has 5 atom stereocenters. The van der Waals surface area contributed by atoms with Gasteiger partial charge < -0.3 is 33.8 Å². The lowest BCUT2D eigenvalue weighted by Gasteiger charge is -2.21. The lowest BCUT2D eigenvalue weighted by Crippen LogP contribution is -2.30. The zero-order valence-electron chi connectivity index (χ0n) is 66.6. The number of rotatable bonds is 79. The number of ether oxygens (including phenoxy) is 4. The summed E-state index contributed by atoms with van der Waals surface area (Å²) < 4.78 is 68.7. The van der Waals surface area contributed by atoms with Crippen molar-refractivity contribution < 1.29 is 80.2 Å². The average Bonchev–Trinajstić information content (AvgIpc) is 0.931. The second-order valence-corrected chi connectivity index (χ2v) is 33.5. The summed E-state index contributed by atoms with van der Waals surface area (Å²) >= 11 is 0. The summed E-state index contributed by atoms with van der Waals surface area (Å²) in [6, 6.07) is 0. The maximum absolute atomic E-state index is 13.1. The first-order chi connectivity index (χ1) is 49.2. The van der Waals surface area contributed by atoms with Crippen LogP contribution in [0.15, 0.2) is 24.3 Å². The van der Waals surface area contributed by atoms with Crippen LogP contribution >= 0.6 is 15.6 Å². The van der Waals surface area contributed by atoms with Crippen molar-refractivity contribution in [2.24, 2.45) is 17.8 Å². The molecule has 19 heteroatoms. The standard InChI is InChI=1S/C83H158O17P2/c1-8-9-10-11-12-13-14-15-20-27-32-37-44-52-59-66-83(88)100-79(71-94-81(86)65-58-51-46-39-42-49-56-63-76(6)7)73-98-102(91,92)96-69-77(84)68-95-101(89,90)97-72-78(99-82(87)67-60-53-45-38-33-28-23-25-30-35-41-48-55-62-75(4)5)70-93-80(85)64-57-50-43-36-31-26-22-19-17-16-18-21-24-29-34-40-47-54-61-74(2)3/h13-15,20,74-79,84H,8-12,16-19,21-73H2,1-7H3,(H,89,90)(H,91,92)/b14-13-,20-15-/t77?,78-,79-/m1/s1. The molecule has 0 heterocycles. The second-order valence-electron chi connectivity index (χ2n) is 30.6. The van der Waals surface area contributed by atoms with E-state index >= 15 is 0 Å². The molecule has 602 valence electrons. The topological polar surface area (TPSA) is 237 Å². The molecule has 0 aromatic heterocycles. The minimum atomic E-state index is -4.97. The van der Waals surface area contributed by atoms with E-state index in [2.05, 4.69) is 72.8 Å². The van der Waals surface area contributed by atoms with Gasteiger partial charge in [0.1, 0.15) is 19.3 Å². The molecule has 0 aromatic rings. The largest absolute Gasteiger partial charge is 0.472 e. The highest BCUT2D eigenvalue weighted by atomic mass is 31.2. The van der Waals surface area contributed by atoms with Crippen LogP contribution in [-0.4, -0.2) is 96.7 Å². The Balaban J connectivity index is 5.25. The van der Waals surface area contributed by atoms with Gasteiger partial charge in [0.25, 0.3) is 0 Å². The number of unbranched alkanes of at least 4 members (excludes halogenated alkanes) is 44. The molecule has 0 aliphatic rings. The number of aliphatic hydroxyl groups is 1. The highest BCUT2D eigenvalue weighted by molar-refractivity contribution is 7.47. The predicted octanol–water partition coefficient (Wildman–Crippen LogP) is 24.5. The third kappa shape index (κ3) is 75.8. The third-order valence-electron chi connectivity index (χ3n) is 18.8. The van der Waals surface area contributed by atoms with Crippen LogP contribution in [0.4, 0.5) is 0 Å². The molecular formula is C83H158O17P2. The molecule has 0 amide bonds. The van der Waals surface area contributed by atoms with Gasteiger partial charge >= 0.3 is 39.5 Å². The van der Waals surface area contributed by atoms with Gasteiger partial charge in [0.05, 0.1) is 26.4 Å². The van der Waals surface area contributed by atoms with Crippen molar-refractivity contribution in [1.82, 2.24) is 0 Å². The maximum atomic E-state index is 13.1. The molecule has 0 spiro atoms. The summed E-state index contributed by atoms with van der Waals surface area (Å²) in [4.78, 5) is 73.0. The first kappa shape index (κ1) is 99.5. The zero-order chi connectivity index (χ0) is 75.1. The van der Waals surface area contributed by atoms with Crippen molar-refractivity contribution in [3.8, 4) is 0 Å². The molecule has 0 aromatic carbocycles. The van der Waals surface area contributed by atoms with Crippen LogP contribution in [0.1, 0.15) is 408 Å². The first-order valence-electron chi connectivity index (χ1n) is 42.2. The van der Waals surface area contributed by atoms with E-state index in [1.165, 1.54) is 199 Å². The molecule has 3 N–H and O–H groups in total. The lowest BCUT2D eigenvalue weighted by molar-refractivity contribution is -0.161. The van der Waals surface area contributed by atoms with Crippen LogP contribution in [0, 0.1) is 17.8 Å². The molecule has 0 saturated carbocycles. The van der Waals surface area contributed by atoms with Gasteiger partial charge in [-0.3, -0.25) is 37.3 Å². The minimum Gasteiger partial charge on any atom is -0.462 e. The molecule has 0 saturated heterocycles. The van der Waals surface area contributed by atoms with Crippen molar-refractivity contribution in [1.29, 1.82) is 0 Å². The quantitative estimate of drug-likeness (QED) is 0.0169. The summed E-state index contributed by atoms with van der Waals surface area (Å²) in [6.45, 7) is 11.9. The molecule has 0 bridgehead atoms. The summed E-state index contributed by atoms with van der Waals surface area (Å²) in [5, 5.41) is 10.6. The monoisotopic (exact) mass is 1490 g/mol. The summed E-state index contributed by atoms with van der Waals surface area (Å²) in [5.41, 5.74) is 0. The zero-order valence-corrected chi connectivity index (χ0v) is 68.4. The number of carbonyl (C=O) groups excluding carboxylic acids is 4. The fraction of sp³-hybridized carbons (Fsp3) is 0.904. The van der Waals surface area contributed by atoms with E-state index in [-0.39, 0.29) is 25.7 Å². The van der Waals surface area contributed by atoms with Crippen LogP contribution in [0.5, 0.6) is 0 Å². The van der Waals surface area contributed by atoms with E-state index in [0.29, 0.717) is 31.6 Å². The van der Waals surface area contributed by atoms with Crippen LogP contribution < -0.4 is 0 Å². The Labute approximate surface area is 624 Å². The summed E-state index contributed by atoms with van der Waals surface area (Å²) in [7, 11) is -9.94. The number of carbonyl (C=O) groups is 4. The maximum Gasteiger partial charge on any atom is 0.472 e. The minimum absolute atomic E-state index is 0.0842. The van der Waals surface area contributed by atoms with Crippen LogP contribution in [0.25, 0.3) is 0 Å². The molecule has 102 heavy (non-hydrogen) atoms. The third-order valence-corrected chi connectivity index (χ3v) is 20.7. The van der Waals surface area contributed by atoms with E-state index in [4.69, 9.17) is 37.0 Å². The highest BCUT2D eigenvalue weighted by Gasteiger charge is 2.30. The fourth-order valence-corrected chi connectivity index (χ4v) is 13.9. The number of phosphoric acid groups is 2. The summed E-state index contributed by atoms with van der Waals surface area (Å²) in [5.74, 6) is 0.168. The molecule has 3 unspecified atom stereocenters. The Morgan fingerprint density at radius 2 is 0.529 bits per heavy atom. The van der Waals surface area contributed by atoms with E-state index in [9.17, 15) is 43.2 Å². The van der Waals surface area contributed by atoms with E-state index < -0.39 is 97.5 Å². The van der Waals surface area contributed by atoms with Gasteiger partial charge in [0, 0.05) is 25.7 Å². The van der Waals surface area contributed by atoms with Crippen molar-refractivity contribution >= 4 is 39.5 Å². The van der Waals surface area contributed by atoms with E-state index in [0.717, 1.165) is 121 Å². The smallest absolute Gasteiger partial charge is 0.462 e. The number of hydrogen-bond donors (Lipinski definition) is 3. The fourth-order valence-electron chi connectivity index (χ4n) is 12.3. The first-order valence-corrected chi connectivity index (χ1v) is 45.2. The van der Waals surface area contributed by atoms with Gasteiger partial charge in [-0.1, -0.05) is 355 Å². The number of allylic oxidation sites excluding steroid dienone is 4. The van der Waals surface area contributed by atoms with E-state index in [1.54, 1.807) is 0 Å². The van der Waals surface area contributed by atoms with Gasteiger partial charge in [-0.25, -0.2) is 9.13 Å². The molecule has 0 radical (unpaired) electrons. The van der Waals surface area contributed by atoms with Crippen LogP contribution in [-0.2, 0) is 65.4 Å².